The fraction of sp³-hybridized carbons (Fsp3) is 0.812. The van der Waals surface area contributed by atoms with Gasteiger partial charge in [-0.25, -0.2) is 0 Å². The molecule has 2 aliphatic rings. The van der Waals surface area contributed by atoms with Gasteiger partial charge in [-0.05, 0) is 31.6 Å². The summed E-state index contributed by atoms with van der Waals surface area (Å²) in [4.78, 5) is 38.8. The maximum absolute atomic E-state index is 12.1. The summed E-state index contributed by atoms with van der Waals surface area (Å²) in [6.07, 6.45) is 4.53. The van der Waals surface area contributed by atoms with Crippen molar-refractivity contribution in [1.29, 1.82) is 0 Å². The van der Waals surface area contributed by atoms with Crippen LogP contribution in [0.15, 0.2) is 0 Å². The highest BCUT2D eigenvalue weighted by Crippen LogP contribution is 2.20. The number of amides is 3. The SMILES string of the molecule is CC1CCN(C(=O)CCCCN2C(=O)CC(C)C2=O)CC1. The number of carbonyl (C=O) groups is 3. The van der Waals surface area contributed by atoms with E-state index in [2.05, 4.69) is 6.92 Å². The molecule has 1 atom stereocenters. The van der Waals surface area contributed by atoms with E-state index in [4.69, 9.17) is 0 Å². The summed E-state index contributed by atoms with van der Waals surface area (Å²) in [6, 6.07) is 0. The summed E-state index contributed by atoms with van der Waals surface area (Å²) in [6.45, 7) is 6.24. The predicted molar refractivity (Wildman–Crippen MR) is 79.3 cm³/mol. The summed E-state index contributed by atoms with van der Waals surface area (Å²) in [7, 11) is 0. The number of piperidine rings is 1. The number of carbonyl (C=O) groups excluding carboxylic acids is 3. The number of unbranched alkanes of at least 4 members (excludes halogenated alkanes) is 1. The van der Waals surface area contributed by atoms with Gasteiger partial charge in [0.2, 0.25) is 17.7 Å². The Bertz CT molecular complexity index is 414. The molecule has 0 spiro atoms. The van der Waals surface area contributed by atoms with Crippen molar-refractivity contribution in [2.75, 3.05) is 19.6 Å². The van der Waals surface area contributed by atoms with Crippen LogP contribution in [0.3, 0.4) is 0 Å². The van der Waals surface area contributed by atoms with E-state index in [1.165, 1.54) is 4.90 Å². The van der Waals surface area contributed by atoms with Gasteiger partial charge in [0.05, 0.1) is 0 Å². The van der Waals surface area contributed by atoms with E-state index in [1.54, 1.807) is 6.92 Å². The summed E-state index contributed by atoms with van der Waals surface area (Å²) in [5.41, 5.74) is 0. The molecular weight excluding hydrogens is 268 g/mol. The number of nitrogens with zero attached hydrogens (tertiary/aromatic N) is 2. The zero-order chi connectivity index (χ0) is 15.4. The Labute approximate surface area is 126 Å². The highest BCUT2D eigenvalue weighted by Gasteiger charge is 2.34. The van der Waals surface area contributed by atoms with Crippen molar-refractivity contribution in [1.82, 2.24) is 9.80 Å². The van der Waals surface area contributed by atoms with E-state index >= 15 is 0 Å². The predicted octanol–water partition coefficient (Wildman–Crippen LogP) is 1.81. The number of hydrogen-bond donors (Lipinski definition) is 0. The van der Waals surface area contributed by atoms with E-state index in [-0.39, 0.29) is 23.6 Å². The lowest BCUT2D eigenvalue weighted by Crippen LogP contribution is -2.37. The van der Waals surface area contributed by atoms with Crippen LogP contribution in [0.2, 0.25) is 0 Å². The van der Waals surface area contributed by atoms with Crippen molar-refractivity contribution in [2.24, 2.45) is 11.8 Å². The fourth-order valence-electron chi connectivity index (χ4n) is 3.05. The van der Waals surface area contributed by atoms with Gasteiger partial charge >= 0.3 is 0 Å². The van der Waals surface area contributed by atoms with Gasteiger partial charge in [-0.1, -0.05) is 13.8 Å². The minimum absolute atomic E-state index is 0.0589. The van der Waals surface area contributed by atoms with Gasteiger partial charge in [0.15, 0.2) is 0 Å². The van der Waals surface area contributed by atoms with Crippen LogP contribution in [0.4, 0.5) is 0 Å². The van der Waals surface area contributed by atoms with Crippen LogP contribution >= 0.6 is 0 Å². The van der Waals surface area contributed by atoms with E-state index < -0.39 is 0 Å². The molecule has 5 heteroatoms. The summed E-state index contributed by atoms with van der Waals surface area (Å²) in [5.74, 6) is 0.646. The second-order valence-electron chi connectivity index (χ2n) is 6.51. The fourth-order valence-corrected chi connectivity index (χ4v) is 3.05. The van der Waals surface area contributed by atoms with Crippen LogP contribution in [-0.2, 0) is 14.4 Å². The monoisotopic (exact) mass is 294 g/mol. The highest BCUT2D eigenvalue weighted by molar-refractivity contribution is 6.03. The number of hydrogen-bond acceptors (Lipinski definition) is 3. The molecule has 0 aromatic carbocycles. The molecule has 21 heavy (non-hydrogen) atoms. The summed E-state index contributed by atoms with van der Waals surface area (Å²) in [5, 5.41) is 0. The first-order valence-corrected chi connectivity index (χ1v) is 8.11. The summed E-state index contributed by atoms with van der Waals surface area (Å²) < 4.78 is 0. The average molecular weight is 294 g/mol. The number of rotatable bonds is 5. The molecule has 2 heterocycles. The number of likely N-dealkylation sites (tertiary alicyclic amines) is 2. The lowest BCUT2D eigenvalue weighted by atomic mass is 9.99. The van der Waals surface area contributed by atoms with Crippen LogP contribution < -0.4 is 0 Å². The molecule has 0 aromatic rings. The van der Waals surface area contributed by atoms with Gasteiger partial charge in [0.25, 0.3) is 0 Å². The van der Waals surface area contributed by atoms with Gasteiger partial charge in [-0.3, -0.25) is 19.3 Å². The second kappa shape index (κ2) is 7.05. The minimum atomic E-state index is -0.172. The third-order valence-corrected chi connectivity index (χ3v) is 4.63. The maximum Gasteiger partial charge on any atom is 0.232 e. The first kappa shape index (κ1) is 16.0. The lowest BCUT2D eigenvalue weighted by molar-refractivity contribution is -0.139. The van der Waals surface area contributed by atoms with Crippen molar-refractivity contribution < 1.29 is 14.4 Å². The Kier molecular flexibility index (Phi) is 5.37. The highest BCUT2D eigenvalue weighted by atomic mass is 16.2. The van der Waals surface area contributed by atoms with Crippen molar-refractivity contribution in [3.05, 3.63) is 0 Å². The molecule has 2 fully saturated rings. The van der Waals surface area contributed by atoms with E-state index in [0.29, 0.717) is 19.4 Å². The second-order valence-corrected chi connectivity index (χ2v) is 6.51. The molecule has 2 rings (SSSR count). The standard InChI is InChI=1S/C16H26N2O3/c1-12-6-9-17(10-7-12)14(19)5-3-4-8-18-15(20)11-13(2)16(18)21/h12-13H,3-11H2,1-2H3. The quantitative estimate of drug-likeness (QED) is 0.574. The first-order valence-electron chi connectivity index (χ1n) is 8.11. The molecule has 0 aliphatic carbocycles. The molecule has 0 radical (unpaired) electrons. The van der Waals surface area contributed by atoms with Crippen molar-refractivity contribution >= 4 is 17.7 Å². The summed E-state index contributed by atoms with van der Waals surface area (Å²) >= 11 is 0. The molecule has 5 nitrogen and oxygen atoms in total. The van der Waals surface area contributed by atoms with Crippen LogP contribution in [-0.4, -0.2) is 47.2 Å². The lowest BCUT2D eigenvalue weighted by Gasteiger charge is -2.30. The average Bonchev–Trinajstić information content (AvgIpc) is 2.69. The Morgan fingerprint density at radius 2 is 1.81 bits per heavy atom. The Hall–Kier alpha value is -1.39. The van der Waals surface area contributed by atoms with Gasteiger partial charge in [0, 0.05) is 38.4 Å². The Balaban J connectivity index is 1.64. The molecule has 2 saturated heterocycles. The smallest absolute Gasteiger partial charge is 0.232 e. The van der Waals surface area contributed by atoms with Gasteiger partial charge in [-0.15, -0.1) is 0 Å². The van der Waals surface area contributed by atoms with Crippen LogP contribution in [0, 0.1) is 11.8 Å². The Morgan fingerprint density at radius 1 is 1.14 bits per heavy atom. The van der Waals surface area contributed by atoms with Gasteiger partial charge < -0.3 is 4.90 Å². The molecule has 0 bridgehead atoms. The van der Waals surface area contributed by atoms with Gasteiger partial charge in [-0.2, -0.15) is 0 Å². The van der Waals surface area contributed by atoms with E-state index in [0.717, 1.165) is 44.7 Å². The van der Waals surface area contributed by atoms with Gasteiger partial charge in [0.1, 0.15) is 0 Å². The molecule has 118 valence electrons. The van der Waals surface area contributed by atoms with E-state index in [9.17, 15) is 14.4 Å². The molecule has 3 amide bonds. The molecule has 0 N–H and O–H groups in total. The minimum Gasteiger partial charge on any atom is -0.343 e. The van der Waals surface area contributed by atoms with Crippen LogP contribution in [0.25, 0.3) is 0 Å². The topological polar surface area (TPSA) is 57.7 Å². The third kappa shape index (κ3) is 4.05. The van der Waals surface area contributed by atoms with E-state index in [1.807, 2.05) is 4.90 Å². The third-order valence-electron chi connectivity index (χ3n) is 4.63. The zero-order valence-electron chi connectivity index (χ0n) is 13.1. The molecule has 0 saturated carbocycles. The van der Waals surface area contributed by atoms with Crippen molar-refractivity contribution in [3.63, 3.8) is 0 Å². The first-order chi connectivity index (χ1) is 9.99. The zero-order valence-corrected chi connectivity index (χ0v) is 13.1. The molecule has 1 unspecified atom stereocenters. The molecule has 2 aliphatic heterocycles. The van der Waals surface area contributed by atoms with Crippen molar-refractivity contribution in [2.45, 2.75) is 52.4 Å². The molecular formula is C16H26N2O3. The normalized spacial score (nSPS) is 24.0. The maximum atomic E-state index is 12.1. The van der Waals surface area contributed by atoms with Crippen LogP contribution in [0.1, 0.15) is 52.4 Å². The van der Waals surface area contributed by atoms with Crippen molar-refractivity contribution in [3.8, 4) is 0 Å². The molecule has 0 aromatic heterocycles. The van der Waals surface area contributed by atoms with Crippen LogP contribution in [0.5, 0.6) is 0 Å². The largest absolute Gasteiger partial charge is 0.343 e. The number of imide groups is 1. The Morgan fingerprint density at radius 3 is 2.38 bits per heavy atom.